The van der Waals surface area contributed by atoms with Crippen LogP contribution in [0.2, 0.25) is 0 Å². The summed E-state index contributed by atoms with van der Waals surface area (Å²) in [6.45, 7) is 8.76. The molecular formula is C15H25N3. The van der Waals surface area contributed by atoms with Gasteiger partial charge in [0, 0.05) is 24.8 Å². The van der Waals surface area contributed by atoms with Crippen molar-refractivity contribution >= 4 is 5.82 Å². The van der Waals surface area contributed by atoms with E-state index in [0.717, 1.165) is 18.9 Å². The van der Waals surface area contributed by atoms with E-state index >= 15 is 0 Å². The summed E-state index contributed by atoms with van der Waals surface area (Å²) in [5.74, 6) is 1.13. The highest BCUT2D eigenvalue weighted by Crippen LogP contribution is 2.23. The summed E-state index contributed by atoms with van der Waals surface area (Å²) in [5, 5.41) is 3.42. The van der Waals surface area contributed by atoms with E-state index in [9.17, 15) is 0 Å². The van der Waals surface area contributed by atoms with Gasteiger partial charge in [-0.1, -0.05) is 13.0 Å². The van der Waals surface area contributed by atoms with Crippen LogP contribution in [-0.2, 0) is 0 Å². The van der Waals surface area contributed by atoms with Gasteiger partial charge in [-0.3, -0.25) is 0 Å². The molecular weight excluding hydrogens is 222 g/mol. The van der Waals surface area contributed by atoms with Gasteiger partial charge in [-0.25, -0.2) is 4.98 Å². The summed E-state index contributed by atoms with van der Waals surface area (Å²) in [5.41, 5.74) is 1.27. The highest BCUT2D eigenvalue weighted by atomic mass is 15.2. The Morgan fingerprint density at radius 3 is 2.89 bits per heavy atom. The van der Waals surface area contributed by atoms with Crippen molar-refractivity contribution in [3.8, 4) is 0 Å². The first kappa shape index (κ1) is 13.3. The largest absolute Gasteiger partial charge is 0.354 e. The number of hydrogen-bond acceptors (Lipinski definition) is 3. The molecule has 0 amide bonds. The first-order chi connectivity index (χ1) is 8.72. The number of hydrogen-bond donors (Lipinski definition) is 1. The van der Waals surface area contributed by atoms with Crippen LogP contribution in [0.5, 0.6) is 0 Å². The Morgan fingerprint density at radius 1 is 1.44 bits per heavy atom. The lowest BCUT2D eigenvalue weighted by molar-refractivity contribution is 0.481. The maximum Gasteiger partial charge on any atom is 0.128 e. The quantitative estimate of drug-likeness (QED) is 0.886. The summed E-state index contributed by atoms with van der Waals surface area (Å²) in [6, 6.07) is 5.39. The third kappa shape index (κ3) is 3.02. The molecule has 0 aliphatic carbocycles. The number of anilines is 1. The summed E-state index contributed by atoms with van der Waals surface area (Å²) in [6.07, 6.45) is 5.95. The minimum Gasteiger partial charge on any atom is -0.354 e. The molecule has 2 unspecified atom stereocenters. The van der Waals surface area contributed by atoms with Gasteiger partial charge in [0.15, 0.2) is 0 Å². The van der Waals surface area contributed by atoms with Crippen LogP contribution in [0.25, 0.3) is 0 Å². The fourth-order valence-corrected chi connectivity index (χ4v) is 2.69. The SMILES string of the molecule is CCNC(C)c1ccc(N2CCCCC2C)nc1. The van der Waals surface area contributed by atoms with E-state index in [2.05, 4.69) is 48.1 Å². The number of piperidine rings is 1. The van der Waals surface area contributed by atoms with E-state index in [1.807, 2.05) is 6.20 Å². The van der Waals surface area contributed by atoms with Crippen LogP contribution in [-0.4, -0.2) is 24.1 Å². The normalized spacial score (nSPS) is 21.9. The van der Waals surface area contributed by atoms with Gasteiger partial charge in [0.2, 0.25) is 0 Å². The summed E-state index contributed by atoms with van der Waals surface area (Å²) in [4.78, 5) is 7.08. The average Bonchev–Trinajstić information content (AvgIpc) is 2.40. The molecule has 3 heteroatoms. The molecule has 1 N–H and O–H groups in total. The maximum absolute atomic E-state index is 4.64. The second-order valence-corrected chi connectivity index (χ2v) is 5.27. The molecule has 1 saturated heterocycles. The predicted molar refractivity (Wildman–Crippen MR) is 77.0 cm³/mol. The first-order valence-corrected chi connectivity index (χ1v) is 7.18. The van der Waals surface area contributed by atoms with Gasteiger partial charge in [0.1, 0.15) is 5.82 Å². The van der Waals surface area contributed by atoms with Crippen LogP contribution in [0.3, 0.4) is 0 Å². The van der Waals surface area contributed by atoms with Crippen LogP contribution in [0.15, 0.2) is 18.3 Å². The van der Waals surface area contributed by atoms with Crippen molar-refractivity contribution in [1.29, 1.82) is 0 Å². The van der Waals surface area contributed by atoms with Crippen molar-refractivity contribution < 1.29 is 0 Å². The van der Waals surface area contributed by atoms with Crippen molar-refractivity contribution in [3.63, 3.8) is 0 Å². The highest BCUT2D eigenvalue weighted by Gasteiger charge is 2.19. The van der Waals surface area contributed by atoms with E-state index in [4.69, 9.17) is 0 Å². The molecule has 1 aromatic rings. The average molecular weight is 247 g/mol. The number of aromatic nitrogens is 1. The van der Waals surface area contributed by atoms with Crippen molar-refractivity contribution in [2.75, 3.05) is 18.0 Å². The molecule has 0 radical (unpaired) electrons. The van der Waals surface area contributed by atoms with Gasteiger partial charge >= 0.3 is 0 Å². The van der Waals surface area contributed by atoms with Crippen molar-refractivity contribution in [2.24, 2.45) is 0 Å². The zero-order chi connectivity index (χ0) is 13.0. The third-order valence-corrected chi connectivity index (χ3v) is 3.88. The second kappa shape index (κ2) is 6.19. The van der Waals surface area contributed by atoms with Crippen LogP contribution < -0.4 is 10.2 Å². The lowest BCUT2D eigenvalue weighted by Crippen LogP contribution is -2.37. The molecule has 1 aliphatic rings. The summed E-state index contributed by atoms with van der Waals surface area (Å²) < 4.78 is 0. The van der Waals surface area contributed by atoms with E-state index in [1.165, 1.54) is 24.8 Å². The Kier molecular flexibility index (Phi) is 4.59. The fourth-order valence-electron chi connectivity index (χ4n) is 2.69. The molecule has 0 aromatic carbocycles. The topological polar surface area (TPSA) is 28.2 Å². The van der Waals surface area contributed by atoms with Gasteiger partial charge in [-0.2, -0.15) is 0 Å². The molecule has 18 heavy (non-hydrogen) atoms. The molecule has 1 aliphatic heterocycles. The Labute approximate surface area is 111 Å². The Hall–Kier alpha value is -1.09. The van der Waals surface area contributed by atoms with Gasteiger partial charge in [-0.05, 0) is 51.3 Å². The Bertz CT molecular complexity index is 361. The van der Waals surface area contributed by atoms with Crippen LogP contribution in [0.1, 0.15) is 51.6 Å². The molecule has 0 bridgehead atoms. The molecule has 3 nitrogen and oxygen atoms in total. The fraction of sp³-hybridized carbons (Fsp3) is 0.667. The number of rotatable bonds is 4. The smallest absolute Gasteiger partial charge is 0.128 e. The maximum atomic E-state index is 4.64. The zero-order valence-corrected chi connectivity index (χ0v) is 11.8. The zero-order valence-electron chi connectivity index (χ0n) is 11.8. The minimum absolute atomic E-state index is 0.385. The number of pyridine rings is 1. The Morgan fingerprint density at radius 2 is 2.28 bits per heavy atom. The van der Waals surface area contributed by atoms with E-state index in [-0.39, 0.29) is 0 Å². The molecule has 1 fully saturated rings. The molecule has 2 atom stereocenters. The van der Waals surface area contributed by atoms with Gasteiger partial charge in [0.25, 0.3) is 0 Å². The van der Waals surface area contributed by atoms with Gasteiger partial charge in [0.05, 0.1) is 0 Å². The highest BCUT2D eigenvalue weighted by molar-refractivity contribution is 5.41. The third-order valence-electron chi connectivity index (χ3n) is 3.88. The predicted octanol–water partition coefficient (Wildman–Crippen LogP) is 3.13. The monoisotopic (exact) mass is 247 g/mol. The number of nitrogens with zero attached hydrogens (tertiary/aromatic N) is 2. The van der Waals surface area contributed by atoms with Crippen molar-refractivity contribution in [3.05, 3.63) is 23.9 Å². The molecule has 0 spiro atoms. The minimum atomic E-state index is 0.385. The first-order valence-electron chi connectivity index (χ1n) is 7.18. The van der Waals surface area contributed by atoms with Gasteiger partial charge in [-0.15, -0.1) is 0 Å². The molecule has 2 heterocycles. The van der Waals surface area contributed by atoms with Crippen LogP contribution in [0, 0.1) is 0 Å². The molecule has 100 valence electrons. The summed E-state index contributed by atoms with van der Waals surface area (Å²) in [7, 11) is 0. The summed E-state index contributed by atoms with van der Waals surface area (Å²) >= 11 is 0. The van der Waals surface area contributed by atoms with Crippen LogP contribution >= 0.6 is 0 Å². The van der Waals surface area contributed by atoms with E-state index in [1.54, 1.807) is 0 Å². The second-order valence-electron chi connectivity index (χ2n) is 5.27. The molecule has 2 rings (SSSR count). The molecule has 1 aromatic heterocycles. The molecule has 0 saturated carbocycles. The van der Waals surface area contributed by atoms with Gasteiger partial charge < -0.3 is 10.2 Å². The van der Waals surface area contributed by atoms with Crippen molar-refractivity contribution in [2.45, 2.75) is 52.1 Å². The number of nitrogens with one attached hydrogen (secondary N) is 1. The van der Waals surface area contributed by atoms with Crippen LogP contribution in [0.4, 0.5) is 5.82 Å². The van der Waals surface area contributed by atoms with E-state index < -0.39 is 0 Å². The standard InChI is InChI=1S/C15H25N3/c1-4-16-13(3)14-8-9-15(17-11-14)18-10-6-5-7-12(18)2/h8-9,11-13,16H,4-7,10H2,1-3H3. The van der Waals surface area contributed by atoms with Crippen molar-refractivity contribution in [1.82, 2.24) is 10.3 Å². The lowest BCUT2D eigenvalue weighted by Gasteiger charge is -2.34. The van der Waals surface area contributed by atoms with E-state index in [0.29, 0.717) is 12.1 Å². The lowest BCUT2D eigenvalue weighted by atomic mass is 10.0. The Balaban J connectivity index is 2.06.